The molecule has 1 aromatic heterocycles. The summed E-state index contributed by atoms with van der Waals surface area (Å²) >= 11 is 0. The molecule has 1 heterocycles. The molecule has 1 unspecified atom stereocenters. The van der Waals surface area contributed by atoms with Crippen LogP contribution in [0, 0.1) is 0 Å². The van der Waals surface area contributed by atoms with Crippen molar-refractivity contribution in [2.75, 3.05) is 0 Å². The van der Waals surface area contributed by atoms with E-state index in [9.17, 15) is 4.79 Å². The van der Waals surface area contributed by atoms with Gasteiger partial charge in [0.1, 0.15) is 0 Å². The number of rotatable bonds is 2. The summed E-state index contributed by atoms with van der Waals surface area (Å²) in [7, 11) is 0. The molecule has 1 aromatic rings. The standard InChI is InChI=1S/C7H9N3O2/c1-5(12-7(8)11)6-9-3-2-4-10-6/h2-5H,1H3,(H2,8,11). The van der Waals surface area contributed by atoms with Gasteiger partial charge in [-0.05, 0) is 13.0 Å². The fourth-order valence-electron chi connectivity index (χ4n) is 0.747. The highest BCUT2D eigenvalue weighted by Gasteiger charge is 2.10. The maximum atomic E-state index is 10.3. The molecule has 5 heteroatoms. The molecule has 64 valence electrons. The third kappa shape index (κ3) is 2.19. The predicted octanol–water partition coefficient (Wildman–Crippen LogP) is 0.633. The van der Waals surface area contributed by atoms with Crippen LogP contribution in [0.3, 0.4) is 0 Å². The Morgan fingerprint density at radius 2 is 2.17 bits per heavy atom. The number of nitrogens with zero attached hydrogens (tertiary/aromatic N) is 2. The number of hydrogen-bond donors (Lipinski definition) is 1. The van der Waals surface area contributed by atoms with Crippen LogP contribution in [0.2, 0.25) is 0 Å². The molecule has 0 spiro atoms. The zero-order valence-corrected chi connectivity index (χ0v) is 6.60. The van der Waals surface area contributed by atoms with E-state index in [4.69, 9.17) is 5.73 Å². The molecule has 0 aliphatic heterocycles. The van der Waals surface area contributed by atoms with Crippen molar-refractivity contribution >= 4 is 6.09 Å². The van der Waals surface area contributed by atoms with E-state index >= 15 is 0 Å². The van der Waals surface area contributed by atoms with Crippen molar-refractivity contribution in [1.29, 1.82) is 0 Å². The van der Waals surface area contributed by atoms with Gasteiger partial charge in [-0.1, -0.05) is 0 Å². The first kappa shape index (κ1) is 8.45. The van der Waals surface area contributed by atoms with Crippen molar-refractivity contribution in [3.05, 3.63) is 24.3 Å². The van der Waals surface area contributed by atoms with Crippen molar-refractivity contribution < 1.29 is 9.53 Å². The third-order valence-corrected chi connectivity index (χ3v) is 1.24. The quantitative estimate of drug-likeness (QED) is 0.700. The van der Waals surface area contributed by atoms with E-state index in [-0.39, 0.29) is 0 Å². The number of carbonyl (C=O) groups is 1. The maximum absolute atomic E-state index is 10.3. The fourth-order valence-corrected chi connectivity index (χ4v) is 0.747. The number of aromatic nitrogens is 2. The van der Waals surface area contributed by atoms with E-state index in [0.29, 0.717) is 5.82 Å². The van der Waals surface area contributed by atoms with Crippen molar-refractivity contribution in [2.24, 2.45) is 5.73 Å². The van der Waals surface area contributed by atoms with Gasteiger partial charge in [-0.3, -0.25) is 0 Å². The second-order valence-electron chi connectivity index (χ2n) is 2.19. The number of amides is 1. The monoisotopic (exact) mass is 167 g/mol. The SMILES string of the molecule is CC(OC(N)=O)c1ncccn1. The number of nitrogens with two attached hydrogens (primary N) is 1. The Labute approximate surface area is 69.6 Å². The predicted molar refractivity (Wildman–Crippen MR) is 41.1 cm³/mol. The van der Waals surface area contributed by atoms with Gasteiger partial charge in [0, 0.05) is 12.4 Å². The fraction of sp³-hybridized carbons (Fsp3) is 0.286. The smallest absolute Gasteiger partial charge is 0.405 e. The van der Waals surface area contributed by atoms with E-state index < -0.39 is 12.2 Å². The second-order valence-corrected chi connectivity index (χ2v) is 2.19. The molecule has 0 radical (unpaired) electrons. The normalized spacial score (nSPS) is 12.1. The summed E-state index contributed by atoms with van der Waals surface area (Å²) in [5.41, 5.74) is 4.81. The Morgan fingerprint density at radius 1 is 1.58 bits per heavy atom. The molecule has 1 atom stereocenters. The second kappa shape index (κ2) is 3.66. The molecule has 0 fully saturated rings. The first-order valence-electron chi connectivity index (χ1n) is 3.43. The summed E-state index contributed by atoms with van der Waals surface area (Å²) in [5.74, 6) is 0.441. The molecular weight excluding hydrogens is 158 g/mol. The average Bonchev–Trinajstić information content (AvgIpc) is 2.05. The summed E-state index contributed by atoms with van der Waals surface area (Å²) < 4.78 is 4.65. The van der Waals surface area contributed by atoms with Gasteiger partial charge in [-0.2, -0.15) is 0 Å². The highest BCUT2D eigenvalue weighted by Crippen LogP contribution is 2.09. The van der Waals surface area contributed by atoms with E-state index in [2.05, 4.69) is 14.7 Å². The van der Waals surface area contributed by atoms with Crippen LogP contribution in [0.5, 0.6) is 0 Å². The lowest BCUT2D eigenvalue weighted by Gasteiger charge is -2.08. The van der Waals surface area contributed by atoms with Gasteiger partial charge >= 0.3 is 6.09 Å². The lowest BCUT2D eigenvalue weighted by Crippen LogP contribution is -2.16. The number of carbonyl (C=O) groups excluding carboxylic acids is 1. The molecular formula is C7H9N3O2. The van der Waals surface area contributed by atoms with Crippen molar-refractivity contribution in [1.82, 2.24) is 9.97 Å². The summed E-state index contributed by atoms with van der Waals surface area (Å²) in [5, 5.41) is 0. The Hall–Kier alpha value is -1.65. The molecule has 1 rings (SSSR count). The van der Waals surface area contributed by atoms with Crippen LogP contribution in [0.4, 0.5) is 4.79 Å². The summed E-state index contributed by atoms with van der Waals surface area (Å²) in [6, 6.07) is 1.68. The van der Waals surface area contributed by atoms with Crippen molar-refractivity contribution in [2.45, 2.75) is 13.0 Å². The molecule has 0 saturated carbocycles. The van der Waals surface area contributed by atoms with Gasteiger partial charge in [0.15, 0.2) is 11.9 Å². The summed E-state index contributed by atoms with van der Waals surface area (Å²) in [4.78, 5) is 18.1. The minimum Gasteiger partial charge on any atom is -0.438 e. The molecule has 12 heavy (non-hydrogen) atoms. The number of ether oxygens (including phenoxy) is 1. The first-order chi connectivity index (χ1) is 5.70. The van der Waals surface area contributed by atoms with Crippen LogP contribution in [0.25, 0.3) is 0 Å². The average molecular weight is 167 g/mol. The van der Waals surface area contributed by atoms with Crippen LogP contribution in [-0.2, 0) is 4.74 Å². The molecule has 0 aliphatic rings. The molecule has 0 saturated heterocycles. The number of primary amides is 1. The lowest BCUT2D eigenvalue weighted by molar-refractivity contribution is 0.112. The van der Waals surface area contributed by atoms with Crippen molar-refractivity contribution in [3.63, 3.8) is 0 Å². The third-order valence-electron chi connectivity index (χ3n) is 1.24. The van der Waals surface area contributed by atoms with Crippen LogP contribution in [-0.4, -0.2) is 16.1 Å². The van der Waals surface area contributed by atoms with Crippen LogP contribution < -0.4 is 5.73 Å². The van der Waals surface area contributed by atoms with Gasteiger partial charge in [0.05, 0.1) is 0 Å². The molecule has 0 aliphatic carbocycles. The topological polar surface area (TPSA) is 78.1 Å². The zero-order valence-electron chi connectivity index (χ0n) is 6.60. The zero-order chi connectivity index (χ0) is 8.97. The van der Waals surface area contributed by atoms with Gasteiger partial charge in [0.2, 0.25) is 0 Å². The van der Waals surface area contributed by atoms with Crippen LogP contribution >= 0.6 is 0 Å². The van der Waals surface area contributed by atoms with Gasteiger partial charge in [-0.15, -0.1) is 0 Å². The van der Waals surface area contributed by atoms with Crippen molar-refractivity contribution in [3.8, 4) is 0 Å². The first-order valence-corrected chi connectivity index (χ1v) is 3.43. The highest BCUT2D eigenvalue weighted by atomic mass is 16.6. The summed E-state index contributed by atoms with van der Waals surface area (Å²) in [6.45, 7) is 1.65. The lowest BCUT2D eigenvalue weighted by atomic mass is 10.4. The Bertz CT molecular complexity index is 263. The molecule has 5 nitrogen and oxygen atoms in total. The van der Waals surface area contributed by atoms with Gasteiger partial charge in [0.25, 0.3) is 0 Å². The van der Waals surface area contributed by atoms with Gasteiger partial charge < -0.3 is 10.5 Å². The van der Waals surface area contributed by atoms with E-state index in [0.717, 1.165) is 0 Å². The van der Waals surface area contributed by atoms with Crippen LogP contribution in [0.1, 0.15) is 18.9 Å². The minimum absolute atomic E-state index is 0.441. The molecule has 0 bridgehead atoms. The van der Waals surface area contributed by atoms with E-state index in [1.165, 1.54) is 0 Å². The Balaban J connectivity index is 2.65. The van der Waals surface area contributed by atoms with Gasteiger partial charge in [-0.25, -0.2) is 14.8 Å². The molecule has 2 N–H and O–H groups in total. The summed E-state index contributed by atoms with van der Waals surface area (Å²) in [6.07, 6.45) is 1.82. The number of hydrogen-bond acceptors (Lipinski definition) is 4. The largest absolute Gasteiger partial charge is 0.438 e. The highest BCUT2D eigenvalue weighted by molar-refractivity contribution is 5.64. The Morgan fingerprint density at radius 3 is 2.67 bits per heavy atom. The maximum Gasteiger partial charge on any atom is 0.405 e. The Kier molecular flexibility index (Phi) is 2.57. The molecule has 1 amide bonds. The minimum atomic E-state index is -0.824. The molecule has 0 aromatic carbocycles. The van der Waals surface area contributed by atoms with E-state index in [1.807, 2.05) is 0 Å². The van der Waals surface area contributed by atoms with Crippen LogP contribution in [0.15, 0.2) is 18.5 Å². The van der Waals surface area contributed by atoms with E-state index in [1.54, 1.807) is 25.4 Å².